The number of carbonyl (C=O) groups is 3. The van der Waals surface area contributed by atoms with Gasteiger partial charge in [-0.1, -0.05) is 259 Å². The predicted molar refractivity (Wildman–Crippen MR) is 252 cm³/mol. The normalized spacial score (nSPS) is 11.9. The highest BCUT2D eigenvalue weighted by atomic mass is 16.6. The summed E-state index contributed by atoms with van der Waals surface area (Å²) in [7, 11) is 0. The zero-order valence-electron chi connectivity index (χ0n) is 40.2. The van der Waals surface area contributed by atoms with Gasteiger partial charge in [-0.05, 0) is 25.2 Å². The lowest BCUT2D eigenvalue weighted by Crippen LogP contribution is -2.30. The zero-order valence-corrected chi connectivity index (χ0v) is 40.2. The van der Waals surface area contributed by atoms with Gasteiger partial charge >= 0.3 is 17.9 Å². The summed E-state index contributed by atoms with van der Waals surface area (Å²) in [5, 5.41) is 0. The molecule has 0 rings (SSSR count). The highest BCUT2D eigenvalue weighted by Gasteiger charge is 2.19. The molecular weight excluding hydrogens is 733 g/mol. The highest BCUT2D eigenvalue weighted by molar-refractivity contribution is 5.71. The maximum absolute atomic E-state index is 12.8. The van der Waals surface area contributed by atoms with Crippen LogP contribution in [0.2, 0.25) is 0 Å². The Morgan fingerprint density at radius 2 is 0.559 bits per heavy atom. The largest absolute Gasteiger partial charge is 0.462 e. The topological polar surface area (TPSA) is 78.9 Å². The third-order valence-electron chi connectivity index (χ3n) is 12.0. The van der Waals surface area contributed by atoms with Crippen LogP contribution in [0.25, 0.3) is 0 Å². The van der Waals surface area contributed by atoms with Crippen LogP contribution in [0.5, 0.6) is 0 Å². The summed E-state index contributed by atoms with van der Waals surface area (Å²) < 4.78 is 16.8. The number of hydrogen-bond acceptors (Lipinski definition) is 6. The molecule has 0 aromatic heterocycles. The fraction of sp³-hybridized carbons (Fsp3) is 0.943. The molecule has 59 heavy (non-hydrogen) atoms. The van der Waals surface area contributed by atoms with Gasteiger partial charge in [0, 0.05) is 19.3 Å². The summed E-state index contributed by atoms with van der Waals surface area (Å²) in [6.45, 7) is 9.03. The number of esters is 3. The fourth-order valence-electron chi connectivity index (χ4n) is 8.04. The van der Waals surface area contributed by atoms with Crippen molar-refractivity contribution in [2.24, 2.45) is 5.92 Å². The van der Waals surface area contributed by atoms with Gasteiger partial charge in [-0.2, -0.15) is 0 Å². The molecule has 0 amide bonds. The number of ether oxygens (including phenoxy) is 3. The molecule has 0 unspecified atom stereocenters. The van der Waals surface area contributed by atoms with Crippen molar-refractivity contribution in [2.75, 3.05) is 13.2 Å². The molecular formula is C53H102O6. The van der Waals surface area contributed by atoms with E-state index in [9.17, 15) is 14.4 Å². The van der Waals surface area contributed by atoms with E-state index in [4.69, 9.17) is 14.2 Å². The number of rotatable bonds is 48. The Balaban J connectivity index is 4.22. The van der Waals surface area contributed by atoms with E-state index in [2.05, 4.69) is 27.7 Å². The first-order valence-electron chi connectivity index (χ1n) is 26.4. The molecule has 0 aliphatic carbocycles. The van der Waals surface area contributed by atoms with Crippen LogP contribution >= 0.6 is 0 Å². The van der Waals surface area contributed by atoms with Gasteiger partial charge in [-0.3, -0.25) is 14.4 Å². The molecule has 0 saturated heterocycles. The summed E-state index contributed by atoms with van der Waals surface area (Å²) >= 11 is 0. The van der Waals surface area contributed by atoms with Crippen molar-refractivity contribution >= 4 is 17.9 Å². The Bertz CT molecular complexity index is 887. The second-order valence-corrected chi connectivity index (χ2v) is 18.6. The van der Waals surface area contributed by atoms with Crippen LogP contribution in [0.3, 0.4) is 0 Å². The van der Waals surface area contributed by atoms with Crippen molar-refractivity contribution in [3.05, 3.63) is 0 Å². The van der Waals surface area contributed by atoms with E-state index in [1.165, 1.54) is 193 Å². The first-order chi connectivity index (χ1) is 28.9. The fourth-order valence-corrected chi connectivity index (χ4v) is 8.04. The van der Waals surface area contributed by atoms with Gasteiger partial charge in [0.15, 0.2) is 6.10 Å². The van der Waals surface area contributed by atoms with Crippen LogP contribution in [-0.4, -0.2) is 37.2 Å². The molecule has 0 aliphatic heterocycles. The van der Waals surface area contributed by atoms with Crippen molar-refractivity contribution in [1.29, 1.82) is 0 Å². The Labute approximate surface area is 368 Å². The van der Waals surface area contributed by atoms with Crippen LogP contribution in [-0.2, 0) is 28.6 Å². The van der Waals surface area contributed by atoms with Crippen molar-refractivity contribution in [3.63, 3.8) is 0 Å². The summed E-state index contributed by atoms with van der Waals surface area (Å²) in [5.41, 5.74) is 0. The van der Waals surface area contributed by atoms with E-state index < -0.39 is 6.10 Å². The minimum Gasteiger partial charge on any atom is -0.462 e. The Morgan fingerprint density at radius 3 is 0.831 bits per heavy atom. The van der Waals surface area contributed by atoms with Gasteiger partial charge in [0.2, 0.25) is 0 Å². The smallest absolute Gasteiger partial charge is 0.306 e. The van der Waals surface area contributed by atoms with E-state index >= 15 is 0 Å². The Hall–Kier alpha value is -1.59. The SMILES string of the molecule is CCCCCCCCCCCCCCC(=O)O[C@H](COC(=O)CCCCCCCCCCCC)COC(=O)CCCCCCCCCCCCCCCCCCC(C)C. The number of hydrogen-bond donors (Lipinski definition) is 0. The third kappa shape index (κ3) is 47.3. The van der Waals surface area contributed by atoms with E-state index in [-0.39, 0.29) is 31.1 Å². The van der Waals surface area contributed by atoms with Gasteiger partial charge in [-0.15, -0.1) is 0 Å². The van der Waals surface area contributed by atoms with E-state index in [1.807, 2.05) is 0 Å². The van der Waals surface area contributed by atoms with Crippen LogP contribution in [0.15, 0.2) is 0 Å². The zero-order chi connectivity index (χ0) is 43.1. The summed E-state index contributed by atoms with van der Waals surface area (Å²) in [6.07, 6.45) is 49.5. The average Bonchev–Trinajstić information content (AvgIpc) is 3.22. The van der Waals surface area contributed by atoms with Gasteiger partial charge in [0.25, 0.3) is 0 Å². The maximum Gasteiger partial charge on any atom is 0.306 e. The quantitative estimate of drug-likeness (QED) is 0.0345. The molecule has 0 spiro atoms. The molecule has 0 heterocycles. The minimum absolute atomic E-state index is 0.0625. The van der Waals surface area contributed by atoms with Crippen molar-refractivity contribution in [3.8, 4) is 0 Å². The first-order valence-corrected chi connectivity index (χ1v) is 26.4. The van der Waals surface area contributed by atoms with Gasteiger partial charge < -0.3 is 14.2 Å². The number of carbonyl (C=O) groups excluding carboxylic acids is 3. The molecule has 6 heteroatoms. The van der Waals surface area contributed by atoms with Crippen molar-refractivity contribution < 1.29 is 28.6 Å². The van der Waals surface area contributed by atoms with E-state index in [0.717, 1.165) is 63.7 Å². The first kappa shape index (κ1) is 57.4. The molecule has 1 atom stereocenters. The molecule has 0 bridgehead atoms. The lowest BCUT2D eigenvalue weighted by atomic mass is 10.0. The Morgan fingerprint density at radius 1 is 0.322 bits per heavy atom. The predicted octanol–water partition coefficient (Wildman–Crippen LogP) is 17.1. The van der Waals surface area contributed by atoms with Crippen LogP contribution in [0, 0.1) is 5.92 Å². The third-order valence-corrected chi connectivity index (χ3v) is 12.0. The molecule has 0 N–H and O–H groups in total. The summed E-state index contributed by atoms with van der Waals surface area (Å²) in [5.74, 6) is 0.00841. The second kappa shape index (κ2) is 47.5. The standard InChI is InChI=1S/C53H102O6/c1-5-7-9-11-13-15-17-25-30-34-38-42-46-53(56)59-50(47-57-51(54)44-40-36-32-28-16-14-12-10-8-6-2)48-58-52(55)45-41-37-33-29-26-23-21-19-18-20-22-24-27-31-35-39-43-49(3)4/h49-50H,5-48H2,1-4H3/t50-/m1/s1. The monoisotopic (exact) mass is 835 g/mol. The molecule has 0 aromatic rings. The average molecular weight is 835 g/mol. The maximum atomic E-state index is 12.8. The molecule has 0 fully saturated rings. The second-order valence-electron chi connectivity index (χ2n) is 18.6. The summed E-state index contributed by atoms with van der Waals surface area (Å²) in [6, 6.07) is 0. The van der Waals surface area contributed by atoms with Gasteiger partial charge in [-0.25, -0.2) is 0 Å². The minimum atomic E-state index is -0.759. The van der Waals surface area contributed by atoms with Crippen LogP contribution in [0.1, 0.15) is 297 Å². The molecule has 0 aromatic carbocycles. The molecule has 350 valence electrons. The van der Waals surface area contributed by atoms with Gasteiger partial charge in [0.1, 0.15) is 13.2 Å². The van der Waals surface area contributed by atoms with Crippen LogP contribution < -0.4 is 0 Å². The van der Waals surface area contributed by atoms with Crippen LogP contribution in [0.4, 0.5) is 0 Å². The summed E-state index contributed by atoms with van der Waals surface area (Å²) in [4.78, 5) is 37.9. The van der Waals surface area contributed by atoms with Crippen molar-refractivity contribution in [1.82, 2.24) is 0 Å². The Kier molecular flexibility index (Phi) is 46.2. The lowest BCUT2D eigenvalue weighted by molar-refractivity contribution is -0.167. The lowest BCUT2D eigenvalue weighted by Gasteiger charge is -2.18. The molecule has 0 saturated carbocycles. The highest BCUT2D eigenvalue weighted by Crippen LogP contribution is 2.17. The van der Waals surface area contributed by atoms with E-state index in [1.54, 1.807) is 0 Å². The van der Waals surface area contributed by atoms with Gasteiger partial charge in [0.05, 0.1) is 0 Å². The van der Waals surface area contributed by atoms with E-state index in [0.29, 0.717) is 19.3 Å². The van der Waals surface area contributed by atoms with Crippen molar-refractivity contribution in [2.45, 2.75) is 303 Å². The molecule has 0 radical (unpaired) electrons. The molecule has 0 aliphatic rings. The number of unbranched alkanes of at least 4 members (excludes halogenated alkanes) is 35. The molecule has 6 nitrogen and oxygen atoms in total.